The first-order chi connectivity index (χ1) is 10.2. The number of rotatable bonds is 8. The lowest BCUT2D eigenvalue weighted by atomic mass is 9.94. The zero-order valence-electron chi connectivity index (χ0n) is 12.2. The Hall–Kier alpha value is -1.82. The lowest BCUT2D eigenvalue weighted by molar-refractivity contribution is -0.137. The minimum atomic E-state index is -0.789. The molecule has 116 valence electrons. The van der Waals surface area contributed by atoms with Gasteiger partial charge in [0.1, 0.15) is 5.76 Å². The Bertz CT molecular complexity index is 476. The quantitative estimate of drug-likeness (QED) is 0.567. The summed E-state index contributed by atoms with van der Waals surface area (Å²) in [6.45, 7) is 0.713. The van der Waals surface area contributed by atoms with Crippen LogP contribution in [0.1, 0.15) is 44.9 Å². The summed E-state index contributed by atoms with van der Waals surface area (Å²) in [5.41, 5.74) is 1.19. The van der Waals surface area contributed by atoms with E-state index in [1.807, 2.05) is 10.8 Å². The summed E-state index contributed by atoms with van der Waals surface area (Å²) in [6.07, 6.45) is 11.4. The van der Waals surface area contributed by atoms with Gasteiger partial charge in [-0.25, -0.2) is 4.98 Å². The van der Waals surface area contributed by atoms with E-state index in [1.165, 1.54) is 18.4 Å². The van der Waals surface area contributed by atoms with Gasteiger partial charge in [0, 0.05) is 31.8 Å². The molecule has 0 unspecified atom stereocenters. The predicted octanol–water partition coefficient (Wildman–Crippen LogP) is 2.47. The number of carboxylic acid groups (broad SMARTS) is 1. The Labute approximate surface area is 124 Å². The molecular weight excluding hydrogens is 270 g/mol. The highest BCUT2D eigenvalue weighted by Gasteiger charge is 2.23. The van der Waals surface area contributed by atoms with E-state index < -0.39 is 5.97 Å². The first kappa shape index (κ1) is 15.6. The minimum Gasteiger partial charge on any atom is -0.481 e. The van der Waals surface area contributed by atoms with Crippen LogP contribution in [-0.2, 0) is 16.2 Å². The number of aromatic nitrogens is 2. The molecule has 1 aliphatic rings. The van der Waals surface area contributed by atoms with Crippen LogP contribution in [-0.4, -0.2) is 20.6 Å². The third kappa shape index (κ3) is 4.60. The second kappa shape index (κ2) is 7.83. The third-order valence-corrected chi connectivity index (χ3v) is 4.05. The summed E-state index contributed by atoms with van der Waals surface area (Å²) in [5, 5.41) is 8.76. The normalized spacial score (nSPS) is 16.8. The van der Waals surface area contributed by atoms with Gasteiger partial charge in [-0.3, -0.25) is 4.79 Å². The number of carbonyl (C=O) groups is 1. The number of hydrogen-bond acceptors (Lipinski definition) is 4. The Kier molecular flexibility index (Phi) is 5.80. The van der Waals surface area contributed by atoms with Gasteiger partial charge in [0.05, 0.1) is 6.33 Å². The number of nitrogens with zero attached hydrogens (tertiary/aromatic N) is 2. The molecular formula is C15H23N3O3. The van der Waals surface area contributed by atoms with Crippen LogP contribution in [0.15, 0.2) is 30.1 Å². The van der Waals surface area contributed by atoms with Crippen molar-refractivity contribution < 1.29 is 14.7 Å². The summed E-state index contributed by atoms with van der Waals surface area (Å²) in [4.78, 5) is 19.8. The van der Waals surface area contributed by atoms with Crippen LogP contribution >= 0.6 is 0 Å². The van der Waals surface area contributed by atoms with E-state index in [9.17, 15) is 4.79 Å². The molecule has 21 heavy (non-hydrogen) atoms. The molecule has 6 heteroatoms. The zero-order chi connectivity index (χ0) is 15.1. The summed E-state index contributed by atoms with van der Waals surface area (Å²) in [5.74, 6) is 5.90. The van der Waals surface area contributed by atoms with Crippen molar-refractivity contribution in [3.63, 3.8) is 0 Å². The molecule has 1 fully saturated rings. The van der Waals surface area contributed by atoms with Crippen LogP contribution in [0.3, 0.4) is 0 Å². The molecule has 1 heterocycles. The molecule has 0 radical (unpaired) electrons. The second-order valence-corrected chi connectivity index (χ2v) is 5.53. The fourth-order valence-electron chi connectivity index (χ4n) is 2.99. The van der Waals surface area contributed by atoms with Crippen LogP contribution in [0.4, 0.5) is 0 Å². The number of aliphatic carboxylic acids is 1. The van der Waals surface area contributed by atoms with Crippen molar-refractivity contribution in [2.45, 2.75) is 51.5 Å². The van der Waals surface area contributed by atoms with Crippen LogP contribution in [0, 0.1) is 5.92 Å². The van der Waals surface area contributed by atoms with Gasteiger partial charge in [0.2, 0.25) is 0 Å². The molecule has 2 rings (SSSR count). The maximum atomic E-state index is 10.7. The average molecular weight is 293 g/mol. The number of carboxylic acids is 1. The smallest absolute Gasteiger partial charge is 0.303 e. The van der Waals surface area contributed by atoms with Gasteiger partial charge in [0.25, 0.3) is 0 Å². The molecule has 0 amide bonds. The number of imidazole rings is 1. The molecule has 0 aromatic carbocycles. The van der Waals surface area contributed by atoms with Gasteiger partial charge < -0.3 is 14.5 Å². The van der Waals surface area contributed by atoms with Crippen molar-refractivity contribution in [3.8, 4) is 0 Å². The highest BCUT2D eigenvalue weighted by molar-refractivity contribution is 5.66. The monoisotopic (exact) mass is 293 g/mol. The highest BCUT2D eigenvalue weighted by atomic mass is 16.6. The lowest BCUT2D eigenvalue weighted by Crippen LogP contribution is -2.14. The minimum absolute atomic E-state index is 0.135. The van der Waals surface area contributed by atoms with Gasteiger partial charge in [-0.1, -0.05) is 12.8 Å². The fourth-order valence-corrected chi connectivity index (χ4v) is 2.99. The molecule has 0 atom stereocenters. The average Bonchev–Trinajstić information content (AvgIpc) is 3.13. The van der Waals surface area contributed by atoms with Gasteiger partial charge in [-0.2, -0.15) is 5.90 Å². The number of hydrogen-bond donors (Lipinski definition) is 2. The number of nitrogens with two attached hydrogens (primary N) is 1. The largest absolute Gasteiger partial charge is 0.481 e. The van der Waals surface area contributed by atoms with Crippen LogP contribution in [0.25, 0.3) is 0 Å². The van der Waals surface area contributed by atoms with E-state index >= 15 is 0 Å². The van der Waals surface area contributed by atoms with Crippen LogP contribution in [0.5, 0.6) is 0 Å². The molecule has 0 spiro atoms. The zero-order valence-corrected chi connectivity index (χ0v) is 12.2. The second-order valence-electron chi connectivity index (χ2n) is 5.53. The maximum Gasteiger partial charge on any atom is 0.303 e. The molecule has 1 aromatic rings. The fraction of sp³-hybridized carbons (Fsp3) is 0.600. The van der Waals surface area contributed by atoms with Gasteiger partial charge in [0.15, 0.2) is 0 Å². The van der Waals surface area contributed by atoms with Crippen molar-refractivity contribution >= 4 is 5.97 Å². The highest BCUT2D eigenvalue weighted by Crippen LogP contribution is 2.34. The van der Waals surface area contributed by atoms with E-state index in [4.69, 9.17) is 15.8 Å². The molecule has 0 bridgehead atoms. The van der Waals surface area contributed by atoms with E-state index in [0.717, 1.165) is 18.6 Å². The summed E-state index contributed by atoms with van der Waals surface area (Å²) < 4.78 is 2.00. The first-order valence-electron chi connectivity index (χ1n) is 7.47. The van der Waals surface area contributed by atoms with Gasteiger partial charge >= 0.3 is 5.97 Å². The summed E-state index contributed by atoms with van der Waals surface area (Å²) >= 11 is 0. The number of allylic oxidation sites excluding steroid dienone is 2. The van der Waals surface area contributed by atoms with E-state index in [0.29, 0.717) is 25.3 Å². The molecule has 0 saturated heterocycles. The first-order valence-corrected chi connectivity index (χ1v) is 7.47. The van der Waals surface area contributed by atoms with Gasteiger partial charge in [-0.15, -0.1) is 0 Å². The Balaban J connectivity index is 2.12. The summed E-state index contributed by atoms with van der Waals surface area (Å²) in [6, 6.07) is 0. The molecule has 0 aliphatic heterocycles. The van der Waals surface area contributed by atoms with Crippen LogP contribution < -0.4 is 5.90 Å². The molecule has 1 aromatic heterocycles. The SMILES string of the molecule is NOC(CCCC(=O)O)=C(Cn1ccnc1)C1CCCC1. The van der Waals surface area contributed by atoms with E-state index in [2.05, 4.69) is 4.98 Å². The standard InChI is InChI=1S/C15H23N3O3/c16-21-14(6-3-7-15(19)20)13(12-4-1-2-5-12)10-18-9-8-17-11-18/h8-9,11-12H,1-7,10,16H2,(H,19,20). The summed E-state index contributed by atoms with van der Waals surface area (Å²) in [7, 11) is 0. The van der Waals surface area contributed by atoms with Crippen LogP contribution in [0.2, 0.25) is 0 Å². The Morgan fingerprint density at radius 3 is 2.71 bits per heavy atom. The maximum absolute atomic E-state index is 10.7. The Morgan fingerprint density at radius 2 is 2.14 bits per heavy atom. The molecule has 1 aliphatic carbocycles. The lowest BCUT2D eigenvalue weighted by Gasteiger charge is -2.19. The predicted molar refractivity (Wildman–Crippen MR) is 78.0 cm³/mol. The van der Waals surface area contributed by atoms with Crippen molar-refractivity contribution in [3.05, 3.63) is 30.1 Å². The van der Waals surface area contributed by atoms with Gasteiger partial charge in [-0.05, 0) is 30.8 Å². The topological polar surface area (TPSA) is 90.4 Å². The Morgan fingerprint density at radius 1 is 1.38 bits per heavy atom. The third-order valence-electron chi connectivity index (χ3n) is 4.05. The van der Waals surface area contributed by atoms with Crippen molar-refractivity contribution in [1.82, 2.24) is 9.55 Å². The van der Waals surface area contributed by atoms with E-state index in [1.54, 1.807) is 12.5 Å². The molecule has 6 nitrogen and oxygen atoms in total. The van der Waals surface area contributed by atoms with E-state index in [-0.39, 0.29) is 6.42 Å². The van der Waals surface area contributed by atoms with Crippen molar-refractivity contribution in [1.29, 1.82) is 0 Å². The van der Waals surface area contributed by atoms with Crippen molar-refractivity contribution in [2.24, 2.45) is 11.8 Å². The molecule has 3 N–H and O–H groups in total. The van der Waals surface area contributed by atoms with Crippen molar-refractivity contribution in [2.75, 3.05) is 0 Å². The molecule has 1 saturated carbocycles.